The van der Waals surface area contributed by atoms with Gasteiger partial charge in [-0.05, 0) is 48.5 Å². The van der Waals surface area contributed by atoms with Gasteiger partial charge in [0.15, 0.2) is 0 Å². The van der Waals surface area contributed by atoms with Gasteiger partial charge >= 0.3 is 0 Å². The van der Waals surface area contributed by atoms with Gasteiger partial charge in [0.25, 0.3) is 5.91 Å². The Balaban J connectivity index is 1.78. The van der Waals surface area contributed by atoms with Crippen molar-refractivity contribution in [1.29, 1.82) is 5.26 Å². The van der Waals surface area contributed by atoms with Crippen molar-refractivity contribution in [3.05, 3.63) is 77.8 Å². The minimum absolute atomic E-state index is 0.113. The van der Waals surface area contributed by atoms with Gasteiger partial charge in [-0.3, -0.25) is 4.79 Å². The molecule has 0 aliphatic rings. The highest BCUT2D eigenvalue weighted by Crippen LogP contribution is 2.24. The maximum absolute atomic E-state index is 13.0. The maximum Gasteiger partial charge on any atom is 0.266 e. The van der Waals surface area contributed by atoms with E-state index in [2.05, 4.69) is 5.32 Å². The lowest BCUT2D eigenvalue weighted by Crippen LogP contribution is -2.13. The molecule has 6 heteroatoms. The van der Waals surface area contributed by atoms with Crippen LogP contribution in [0.1, 0.15) is 5.76 Å². The highest BCUT2D eigenvalue weighted by atomic mass is 19.1. The molecule has 3 aromatic rings. The molecule has 1 N–H and O–H groups in total. The van der Waals surface area contributed by atoms with Crippen LogP contribution in [0.5, 0.6) is 5.75 Å². The van der Waals surface area contributed by atoms with Crippen molar-refractivity contribution in [2.24, 2.45) is 0 Å². The molecule has 2 aromatic carbocycles. The van der Waals surface area contributed by atoms with E-state index in [4.69, 9.17) is 9.15 Å². The van der Waals surface area contributed by atoms with E-state index in [0.717, 1.165) is 0 Å². The molecule has 0 unspecified atom stereocenters. The van der Waals surface area contributed by atoms with Gasteiger partial charge in [-0.15, -0.1) is 0 Å². The SMILES string of the molecule is COc1cccc(NC(=O)/C(C#N)=C\c2ccc(-c3ccc(F)cc3)o2)c1. The molecule has 0 radical (unpaired) electrons. The zero-order valence-electron chi connectivity index (χ0n) is 14.4. The predicted molar refractivity (Wildman–Crippen MR) is 99.3 cm³/mol. The first-order valence-corrected chi connectivity index (χ1v) is 8.02. The lowest BCUT2D eigenvalue weighted by atomic mass is 10.2. The van der Waals surface area contributed by atoms with Crippen LogP contribution in [0.3, 0.4) is 0 Å². The van der Waals surface area contributed by atoms with Gasteiger partial charge in [0.05, 0.1) is 7.11 Å². The number of hydrogen-bond donors (Lipinski definition) is 1. The van der Waals surface area contributed by atoms with E-state index in [1.807, 2.05) is 6.07 Å². The van der Waals surface area contributed by atoms with Crippen LogP contribution in [0.25, 0.3) is 17.4 Å². The van der Waals surface area contributed by atoms with E-state index in [-0.39, 0.29) is 11.4 Å². The number of hydrogen-bond acceptors (Lipinski definition) is 4. The first-order chi connectivity index (χ1) is 13.1. The van der Waals surface area contributed by atoms with Gasteiger partial charge in [-0.2, -0.15) is 5.26 Å². The molecular weight excluding hydrogens is 347 g/mol. The van der Waals surface area contributed by atoms with Crippen LogP contribution in [0, 0.1) is 17.1 Å². The van der Waals surface area contributed by atoms with Crippen LogP contribution < -0.4 is 10.1 Å². The quantitative estimate of drug-likeness (QED) is 0.530. The van der Waals surface area contributed by atoms with Crippen LogP contribution in [0.15, 0.2) is 70.7 Å². The molecule has 0 spiro atoms. The summed E-state index contributed by atoms with van der Waals surface area (Å²) in [6.07, 6.45) is 1.35. The van der Waals surface area contributed by atoms with E-state index in [1.54, 1.807) is 48.5 Å². The van der Waals surface area contributed by atoms with Crippen molar-refractivity contribution in [2.75, 3.05) is 12.4 Å². The number of benzene rings is 2. The van der Waals surface area contributed by atoms with Crippen molar-refractivity contribution in [3.8, 4) is 23.1 Å². The summed E-state index contributed by atoms with van der Waals surface area (Å²) in [5.41, 5.74) is 1.08. The first kappa shape index (κ1) is 18.0. The van der Waals surface area contributed by atoms with Gasteiger partial charge < -0.3 is 14.5 Å². The van der Waals surface area contributed by atoms with E-state index >= 15 is 0 Å². The van der Waals surface area contributed by atoms with Crippen molar-refractivity contribution < 1.29 is 18.3 Å². The molecule has 0 saturated heterocycles. The van der Waals surface area contributed by atoms with Crippen LogP contribution in [-0.4, -0.2) is 13.0 Å². The molecule has 0 aliphatic heterocycles. The predicted octanol–water partition coefficient (Wildman–Crippen LogP) is 4.64. The number of carbonyl (C=O) groups is 1. The Morgan fingerprint density at radius 1 is 1.19 bits per heavy atom. The Labute approximate surface area is 155 Å². The summed E-state index contributed by atoms with van der Waals surface area (Å²) in [6, 6.07) is 17.8. The molecular formula is C21H15FN2O3. The maximum atomic E-state index is 13.0. The smallest absolute Gasteiger partial charge is 0.266 e. The number of furan rings is 1. The lowest BCUT2D eigenvalue weighted by molar-refractivity contribution is -0.112. The normalized spacial score (nSPS) is 10.9. The fraction of sp³-hybridized carbons (Fsp3) is 0.0476. The Morgan fingerprint density at radius 2 is 1.96 bits per heavy atom. The summed E-state index contributed by atoms with van der Waals surface area (Å²) < 4.78 is 23.7. The molecule has 0 atom stereocenters. The number of carbonyl (C=O) groups excluding carboxylic acids is 1. The molecule has 0 bridgehead atoms. The third-order valence-electron chi connectivity index (χ3n) is 3.73. The Hall–Kier alpha value is -3.85. The number of halogens is 1. The molecule has 27 heavy (non-hydrogen) atoms. The second-order valence-corrected chi connectivity index (χ2v) is 5.56. The van der Waals surface area contributed by atoms with E-state index in [9.17, 15) is 14.4 Å². The summed E-state index contributed by atoms with van der Waals surface area (Å²) in [4.78, 5) is 12.3. The third kappa shape index (κ3) is 4.41. The topological polar surface area (TPSA) is 75.3 Å². The van der Waals surface area contributed by atoms with Crippen LogP contribution >= 0.6 is 0 Å². The molecule has 3 rings (SSSR count). The zero-order chi connectivity index (χ0) is 19.2. The number of amides is 1. The Bertz CT molecular complexity index is 1030. The Kier molecular flexibility index (Phi) is 5.33. The van der Waals surface area contributed by atoms with Gasteiger partial charge in [-0.1, -0.05) is 6.07 Å². The average molecular weight is 362 g/mol. The number of anilines is 1. The summed E-state index contributed by atoms with van der Waals surface area (Å²) in [5.74, 6) is 0.528. The largest absolute Gasteiger partial charge is 0.497 e. The van der Waals surface area contributed by atoms with E-state index < -0.39 is 5.91 Å². The molecule has 0 fully saturated rings. The highest BCUT2D eigenvalue weighted by Gasteiger charge is 2.12. The minimum atomic E-state index is -0.564. The second-order valence-electron chi connectivity index (χ2n) is 5.56. The second kappa shape index (κ2) is 8.02. The number of methoxy groups -OCH3 is 1. The van der Waals surface area contributed by atoms with Crippen molar-refractivity contribution in [2.45, 2.75) is 0 Å². The van der Waals surface area contributed by atoms with Gasteiger partial charge in [0.1, 0.15) is 34.7 Å². The number of nitriles is 1. The summed E-state index contributed by atoms with van der Waals surface area (Å²) in [7, 11) is 1.52. The fourth-order valence-corrected chi connectivity index (χ4v) is 2.39. The molecule has 134 valence electrons. The number of nitrogens with zero attached hydrogens (tertiary/aromatic N) is 1. The fourth-order valence-electron chi connectivity index (χ4n) is 2.39. The minimum Gasteiger partial charge on any atom is -0.497 e. The highest BCUT2D eigenvalue weighted by molar-refractivity contribution is 6.09. The van der Waals surface area contributed by atoms with Crippen molar-refractivity contribution in [1.82, 2.24) is 0 Å². The molecule has 1 aromatic heterocycles. The summed E-state index contributed by atoms with van der Waals surface area (Å²) >= 11 is 0. The molecule has 1 heterocycles. The summed E-state index contributed by atoms with van der Waals surface area (Å²) in [5, 5.41) is 11.9. The first-order valence-electron chi connectivity index (χ1n) is 8.02. The number of ether oxygens (including phenoxy) is 1. The van der Waals surface area contributed by atoms with Crippen molar-refractivity contribution >= 4 is 17.7 Å². The van der Waals surface area contributed by atoms with E-state index in [0.29, 0.717) is 28.5 Å². The van der Waals surface area contributed by atoms with Gasteiger partial charge in [-0.25, -0.2) is 4.39 Å². The van der Waals surface area contributed by atoms with Crippen LogP contribution in [0.4, 0.5) is 10.1 Å². The molecule has 0 aliphatic carbocycles. The molecule has 1 amide bonds. The Morgan fingerprint density at radius 3 is 2.67 bits per heavy atom. The van der Waals surface area contributed by atoms with Gasteiger partial charge in [0.2, 0.25) is 0 Å². The van der Waals surface area contributed by atoms with Crippen molar-refractivity contribution in [3.63, 3.8) is 0 Å². The lowest BCUT2D eigenvalue weighted by Gasteiger charge is -2.06. The molecule has 5 nitrogen and oxygen atoms in total. The van der Waals surface area contributed by atoms with Crippen LogP contribution in [0.2, 0.25) is 0 Å². The number of rotatable bonds is 5. The summed E-state index contributed by atoms with van der Waals surface area (Å²) in [6.45, 7) is 0. The standard InChI is InChI=1S/C21H15FN2O3/c1-26-18-4-2-3-17(12-18)24-21(25)15(13-23)11-19-9-10-20(27-19)14-5-7-16(22)8-6-14/h2-12H,1H3,(H,24,25)/b15-11-. The van der Waals surface area contributed by atoms with Gasteiger partial charge in [0, 0.05) is 23.4 Å². The average Bonchev–Trinajstić information content (AvgIpc) is 3.15. The van der Waals surface area contributed by atoms with Crippen LogP contribution in [-0.2, 0) is 4.79 Å². The monoisotopic (exact) mass is 362 g/mol. The molecule has 0 saturated carbocycles. The zero-order valence-corrected chi connectivity index (χ0v) is 14.4. The number of nitrogens with one attached hydrogen (secondary N) is 1. The third-order valence-corrected chi connectivity index (χ3v) is 3.73. The van der Waals surface area contributed by atoms with E-state index in [1.165, 1.54) is 25.3 Å².